The predicted molar refractivity (Wildman–Crippen MR) is 42.1 cm³/mol. The fraction of sp³-hybridized carbons (Fsp3) is 0.625. The van der Waals surface area contributed by atoms with Crippen molar-refractivity contribution in [3.8, 4) is 0 Å². The standard InChI is InChI=1S/C8H14O3/c1-3-5-7(9)6-8(10)11-4-2/h3,5,7,9H,4,6H2,1-2H3/b5-3+/t7-/m1/s1. The Balaban J connectivity index is 3.57. The van der Waals surface area contributed by atoms with Crippen molar-refractivity contribution >= 4 is 5.97 Å². The highest BCUT2D eigenvalue weighted by Gasteiger charge is 2.06. The molecule has 0 bridgehead atoms. The summed E-state index contributed by atoms with van der Waals surface area (Å²) in [5.41, 5.74) is 0. The van der Waals surface area contributed by atoms with Gasteiger partial charge >= 0.3 is 5.97 Å². The van der Waals surface area contributed by atoms with E-state index in [-0.39, 0.29) is 12.4 Å². The van der Waals surface area contributed by atoms with Gasteiger partial charge in [-0.3, -0.25) is 4.79 Å². The molecule has 11 heavy (non-hydrogen) atoms. The van der Waals surface area contributed by atoms with E-state index in [2.05, 4.69) is 4.74 Å². The lowest BCUT2D eigenvalue weighted by Crippen LogP contribution is -2.13. The van der Waals surface area contributed by atoms with E-state index in [1.54, 1.807) is 26.0 Å². The molecule has 3 heteroatoms. The average Bonchev–Trinajstić information content (AvgIpc) is 1.87. The molecule has 0 aromatic heterocycles. The number of hydrogen-bond acceptors (Lipinski definition) is 3. The second-order valence-electron chi connectivity index (χ2n) is 2.10. The van der Waals surface area contributed by atoms with Crippen molar-refractivity contribution < 1.29 is 14.6 Å². The highest BCUT2D eigenvalue weighted by atomic mass is 16.5. The third-order valence-electron chi connectivity index (χ3n) is 1.10. The molecule has 0 saturated heterocycles. The third-order valence-corrected chi connectivity index (χ3v) is 1.10. The largest absolute Gasteiger partial charge is 0.466 e. The number of aliphatic hydroxyl groups excluding tert-OH is 1. The maximum atomic E-state index is 10.7. The fourth-order valence-corrected chi connectivity index (χ4v) is 0.681. The molecule has 1 atom stereocenters. The number of hydrogen-bond donors (Lipinski definition) is 1. The molecule has 0 fully saturated rings. The van der Waals surface area contributed by atoms with E-state index in [0.717, 1.165) is 0 Å². The maximum absolute atomic E-state index is 10.7. The number of allylic oxidation sites excluding steroid dienone is 1. The monoisotopic (exact) mass is 158 g/mol. The SMILES string of the molecule is C/C=C/[C@@H](O)CC(=O)OCC. The number of esters is 1. The van der Waals surface area contributed by atoms with Crippen molar-refractivity contribution in [2.75, 3.05) is 6.61 Å². The Morgan fingerprint density at radius 2 is 2.36 bits per heavy atom. The van der Waals surface area contributed by atoms with E-state index < -0.39 is 6.10 Å². The number of carbonyl (C=O) groups excluding carboxylic acids is 1. The first-order valence-corrected chi connectivity index (χ1v) is 3.67. The van der Waals surface area contributed by atoms with Gasteiger partial charge in [0, 0.05) is 0 Å². The van der Waals surface area contributed by atoms with Gasteiger partial charge in [-0.2, -0.15) is 0 Å². The van der Waals surface area contributed by atoms with E-state index in [9.17, 15) is 4.79 Å². The zero-order valence-electron chi connectivity index (χ0n) is 6.91. The van der Waals surface area contributed by atoms with Gasteiger partial charge in [0.05, 0.1) is 19.1 Å². The first-order valence-electron chi connectivity index (χ1n) is 3.67. The Morgan fingerprint density at radius 3 is 2.82 bits per heavy atom. The average molecular weight is 158 g/mol. The zero-order valence-corrected chi connectivity index (χ0v) is 6.91. The van der Waals surface area contributed by atoms with E-state index >= 15 is 0 Å². The predicted octanol–water partition coefficient (Wildman–Crippen LogP) is 0.877. The molecule has 0 amide bonds. The van der Waals surface area contributed by atoms with Crippen molar-refractivity contribution in [1.82, 2.24) is 0 Å². The molecule has 0 aromatic rings. The lowest BCUT2D eigenvalue weighted by Gasteiger charge is -2.03. The van der Waals surface area contributed by atoms with E-state index in [1.165, 1.54) is 0 Å². The molecule has 0 rings (SSSR count). The summed E-state index contributed by atoms with van der Waals surface area (Å²) in [6.07, 6.45) is 2.58. The second-order valence-corrected chi connectivity index (χ2v) is 2.10. The summed E-state index contributed by atoms with van der Waals surface area (Å²) in [7, 11) is 0. The van der Waals surface area contributed by atoms with E-state index in [1.807, 2.05) is 0 Å². The fourth-order valence-electron chi connectivity index (χ4n) is 0.681. The van der Waals surface area contributed by atoms with Crippen LogP contribution in [-0.2, 0) is 9.53 Å². The van der Waals surface area contributed by atoms with Crippen LogP contribution < -0.4 is 0 Å². The number of rotatable bonds is 4. The molecular formula is C8H14O3. The summed E-state index contributed by atoms with van der Waals surface area (Å²) in [5.74, 6) is -0.363. The van der Waals surface area contributed by atoms with E-state index in [0.29, 0.717) is 6.61 Å². The number of carbonyl (C=O) groups is 1. The molecule has 0 spiro atoms. The zero-order chi connectivity index (χ0) is 8.69. The molecule has 0 aliphatic carbocycles. The van der Waals surface area contributed by atoms with Gasteiger partial charge in [0.15, 0.2) is 0 Å². The highest BCUT2D eigenvalue weighted by molar-refractivity contribution is 5.70. The van der Waals surface area contributed by atoms with Gasteiger partial charge in [-0.15, -0.1) is 0 Å². The lowest BCUT2D eigenvalue weighted by molar-refractivity contribution is -0.144. The van der Waals surface area contributed by atoms with Crippen LogP contribution >= 0.6 is 0 Å². The van der Waals surface area contributed by atoms with Crippen LogP contribution in [0.1, 0.15) is 20.3 Å². The Bertz CT molecular complexity index is 140. The maximum Gasteiger partial charge on any atom is 0.308 e. The molecule has 0 aliphatic heterocycles. The van der Waals surface area contributed by atoms with Crippen LogP contribution in [0.4, 0.5) is 0 Å². The molecule has 64 valence electrons. The molecule has 0 saturated carbocycles. The Labute approximate surface area is 66.7 Å². The van der Waals surface area contributed by atoms with E-state index in [4.69, 9.17) is 5.11 Å². The van der Waals surface area contributed by atoms with Gasteiger partial charge in [-0.25, -0.2) is 0 Å². The number of ether oxygens (including phenoxy) is 1. The molecule has 0 aromatic carbocycles. The summed E-state index contributed by atoms with van der Waals surface area (Å²) in [5, 5.41) is 9.06. The van der Waals surface area contributed by atoms with Gasteiger partial charge in [0.25, 0.3) is 0 Å². The molecule has 0 heterocycles. The number of aliphatic hydroxyl groups is 1. The van der Waals surface area contributed by atoms with Gasteiger partial charge in [0.1, 0.15) is 0 Å². The molecule has 3 nitrogen and oxygen atoms in total. The first kappa shape index (κ1) is 10.2. The van der Waals surface area contributed by atoms with Crippen molar-refractivity contribution in [1.29, 1.82) is 0 Å². The normalized spacial score (nSPS) is 13.4. The Hall–Kier alpha value is -0.830. The minimum absolute atomic E-state index is 0.0399. The van der Waals surface area contributed by atoms with Crippen molar-refractivity contribution in [2.45, 2.75) is 26.4 Å². The van der Waals surface area contributed by atoms with Crippen LogP contribution in [0.5, 0.6) is 0 Å². The molecule has 0 unspecified atom stereocenters. The van der Waals surface area contributed by atoms with Crippen LogP contribution in [0.15, 0.2) is 12.2 Å². The van der Waals surface area contributed by atoms with Gasteiger partial charge in [-0.1, -0.05) is 12.2 Å². The summed E-state index contributed by atoms with van der Waals surface area (Å²) < 4.78 is 4.63. The quantitative estimate of drug-likeness (QED) is 0.488. The molecule has 0 aliphatic rings. The van der Waals surface area contributed by atoms with Crippen molar-refractivity contribution in [3.63, 3.8) is 0 Å². The van der Waals surface area contributed by atoms with Crippen LogP contribution in [0, 0.1) is 0 Å². The second kappa shape index (κ2) is 5.92. The van der Waals surface area contributed by atoms with Gasteiger partial charge in [0.2, 0.25) is 0 Å². The summed E-state index contributed by atoms with van der Waals surface area (Å²) in [6.45, 7) is 3.88. The molecule has 1 N–H and O–H groups in total. The van der Waals surface area contributed by atoms with Crippen LogP contribution in [0.25, 0.3) is 0 Å². The summed E-state index contributed by atoms with van der Waals surface area (Å²) in [4.78, 5) is 10.7. The van der Waals surface area contributed by atoms with Crippen LogP contribution in [0.3, 0.4) is 0 Å². The van der Waals surface area contributed by atoms with Crippen LogP contribution in [-0.4, -0.2) is 23.8 Å². The molecule has 0 radical (unpaired) electrons. The first-order chi connectivity index (χ1) is 5.20. The minimum atomic E-state index is -0.709. The summed E-state index contributed by atoms with van der Waals surface area (Å²) >= 11 is 0. The highest BCUT2D eigenvalue weighted by Crippen LogP contribution is 1.95. The Kier molecular flexibility index (Phi) is 5.47. The smallest absolute Gasteiger partial charge is 0.308 e. The van der Waals surface area contributed by atoms with Gasteiger partial charge in [-0.05, 0) is 13.8 Å². The third kappa shape index (κ3) is 5.61. The van der Waals surface area contributed by atoms with Crippen LogP contribution in [0.2, 0.25) is 0 Å². The Morgan fingerprint density at radius 1 is 1.73 bits per heavy atom. The molecular weight excluding hydrogens is 144 g/mol. The van der Waals surface area contributed by atoms with Crippen molar-refractivity contribution in [3.05, 3.63) is 12.2 Å². The minimum Gasteiger partial charge on any atom is -0.466 e. The van der Waals surface area contributed by atoms with Gasteiger partial charge < -0.3 is 9.84 Å². The van der Waals surface area contributed by atoms with Crippen molar-refractivity contribution in [2.24, 2.45) is 0 Å². The topological polar surface area (TPSA) is 46.5 Å². The lowest BCUT2D eigenvalue weighted by atomic mass is 10.2. The summed E-state index contributed by atoms with van der Waals surface area (Å²) in [6, 6.07) is 0.